The van der Waals surface area contributed by atoms with E-state index < -0.39 is 0 Å². The van der Waals surface area contributed by atoms with Crippen molar-refractivity contribution < 1.29 is 0 Å². The Morgan fingerprint density at radius 1 is 1.35 bits per heavy atom. The first-order valence-electron chi connectivity index (χ1n) is 6.54. The first-order chi connectivity index (χ1) is 11.2. The van der Waals surface area contributed by atoms with Crippen molar-refractivity contribution in [2.45, 2.75) is 5.75 Å². The lowest BCUT2D eigenvalue weighted by Crippen LogP contribution is -2.21. The maximum Gasteiger partial charge on any atom is 0.212 e. The van der Waals surface area contributed by atoms with E-state index in [2.05, 4.69) is 35.3 Å². The maximum atomic E-state index is 5.32. The zero-order valence-corrected chi connectivity index (χ0v) is 14.6. The Hall–Kier alpha value is -2.03. The van der Waals surface area contributed by atoms with Crippen LogP contribution in [0.2, 0.25) is 0 Å². The normalized spacial score (nSPS) is 10.0. The molecule has 2 rings (SSSR count). The number of aliphatic imine (C=N–C) groups is 1. The van der Waals surface area contributed by atoms with E-state index >= 15 is 0 Å². The van der Waals surface area contributed by atoms with Gasteiger partial charge in [0.15, 0.2) is 17.6 Å². The molecule has 0 radical (unpaired) electrons. The molecule has 0 spiro atoms. The van der Waals surface area contributed by atoms with Crippen LogP contribution in [-0.4, -0.2) is 38.5 Å². The van der Waals surface area contributed by atoms with Crippen LogP contribution in [-0.2, 0) is 5.75 Å². The Bertz CT molecular complexity index is 683. The number of nitrogens with one attached hydrogen (secondary N) is 2. The standard InChI is InChI=1S/C12H16N8S3/c1-2-3-15-9-10(20-23-19-9)16-4-5-21-6-8-7-22-12(17-8)18-11(13)14/h1,7H,3-6H2,(H,15,19)(H,16,20)(H4,13,14,17,18). The Kier molecular flexibility index (Phi) is 6.92. The van der Waals surface area contributed by atoms with Crippen LogP contribution in [0.5, 0.6) is 0 Å². The number of hydrogen-bond donors (Lipinski definition) is 4. The SMILES string of the molecule is C#CCNc1nsnc1NCCSCc1csc(N=C(N)N)n1. The number of guanidine groups is 1. The fraction of sp³-hybridized carbons (Fsp3) is 0.333. The molecule has 0 aliphatic heterocycles. The Morgan fingerprint density at radius 2 is 2.13 bits per heavy atom. The van der Waals surface area contributed by atoms with E-state index in [1.807, 2.05) is 5.38 Å². The summed E-state index contributed by atoms with van der Waals surface area (Å²) in [5.74, 6) is 5.66. The van der Waals surface area contributed by atoms with Crippen molar-refractivity contribution in [1.82, 2.24) is 13.7 Å². The minimum absolute atomic E-state index is 0.0221. The third-order valence-electron chi connectivity index (χ3n) is 2.40. The highest BCUT2D eigenvalue weighted by Gasteiger charge is 2.06. The van der Waals surface area contributed by atoms with Gasteiger partial charge in [0, 0.05) is 23.4 Å². The van der Waals surface area contributed by atoms with Crippen molar-refractivity contribution in [2.75, 3.05) is 29.5 Å². The molecule has 0 atom stereocenters. The fourth-order valence-electron chi connectivity index (χ4n) is 1.50. The van der Waals surface area contributed by atoms with Crippen molar-refractivity contribution in [3.63, 3.8) is 0 Å². The summed E-state index contributed by atoms with van der Waals surface area (Å²) in [6.07, 6.45) is 5.21. The second kappa shape index (κ2) is 9.19. The maximum absolute atomic E-state index is 5.32. The van der Waals surface area contributed by atoms with E-state index in [9.17, 15) is 0 Å². The topological polar surface area (TPSA) is 127 Å². The van der Waals surface area contributed by atoms with Gasteiger partial charge in [-0.05, 0) is 0 Å². The largest absolute Gasteiger partial charge is 0.370 e. The van der Waals surface area contributed by atoms with Crippen LogP contribution in [0.1, 0.15) is 5.69 Å². The summed E-state index contributed by atoms with van der Waals surface area (Å²) >= 11 is 4.32. The summed E-state index contributed by atoms with van der Waals surface area (Å²) in [6.45, 7) is 1.20. The Morgan fingerprint density at radius 3 is 2.87 bits per heavy atom. The fourth-order valence-corrected chi connectivity index (χ4v) is 3.56. The van der Waals surface area contributed by atoms with E-state index in [0.29, 0.717) is 17.5 Å². The minimum atomic E-state index is 0.0221. The van der Waals surface area contributed by atoms with Crippen LogP contribution in [0, 0.1) is 12.3 Å². The van der Waals surface area contributed by atoms with Gasteiger partial charge >= 0.3 is 0 Å². The van der Waals surface area contributed by atoms with Crippen LogP contribution in [0.4, 0.5) is 16.8 Å². The first-order valence-corrected chi connectivity index (χ1v) is 9.31. The summed E-state index contributed by atoms with van der Waals surface area (Å²) in [6, 6.07) is 0. The predicted molar refractivity (Wildman–Crippen MR) is 99.5 cm³/mol. The smallest absolute Gasteiger partial charge is 0.212 e. The highest BCUT2D eigenvalue weighted by molar-refractivity contribution is 7.98. The molecule has 6 N–H and O–H groups in total. The zero-order chi connectivity index (χ0) is 16.5. The van der Waals surface area contributed by atoms with Crippen LogP contribution >= 0.6 is 34.8 Å². The molecule has 0 unspecified atom stereocenters. The van der Waals surface area contributed by atoms with Crippen molar-refractivity contribution in [2.24, 2.45) is 16.5 Å². The van der Waals surface area contributed by atoms with Gasteiger partial charge in [-0.3, -0.25) is 0 Å². The lowest BCUT2D eigenvalue weighted by Gasteiger charge is -2.05. The average Bonchev–Trinajstić information content (AvgIpc) is 3.13. The highest BCUT2D eigenvalue weighted by atomic mass is 32.2. The molecule has 0 amide bonds. The van der Waals surface area contributed by atoms with E-state index in [4.69, 9.17) is 17.9 Å². The third kappa shape index (κ3) is 5.93. The molecule has 122 valence electrons. The zero-order valence-electron chi connectivity index (χ0n) is 12.2. The second-order valence-corrected chi connectivity index (χ2v) is 6.63. The number of thioether (sulfide) groups is 1. The molecular formula is C12H16N8S3. The summed E-state index contributed by atoms with van der Waals surface area (Å²) in [7, 11) is 0. The number of aromatic nitrogens is 3. The molecule has 11 heteroatoms. The van der Waals surface area contributed by atoms with Crippen molar-refractivity contribution in [3.05, 3.63) is 11.1 Å². The number of nitrogens with zero attached hydrogens (tertiary/aromatic N) is 4. The molecule has 2 heterocycles. The molecule has 8 nitrogen and oxygen atoms in total. The van der Waals surface area contributed by atoms with E-state index in [0.717, 1.165) is 41.3 Å². The van der Waals surface area contributed by atoms with Crippen LogP contribution in [0.15, 0.2) is 10.4 Å². The number of anilines is 2. The van der Waals surface area contributed by atoms with Gasteiger partial charge in [-0.15, -0.1) is 17.8 Å². The number of hydrogen-bond acceptors (Lipinski definition) is 9. The number of terminal acetylenes is 1. The molecule has 0 aliphatic rings. The third-order valence-corrected chi connectivity index (χ3v) is 4.70. The van der Waals surface area contributed by atoms with Crippen molar-refractivity contribution in [3.8, 4) is 12.3 Å². The second-order valence-electron chi connectivity index (χ2n) is 4.16. The molecule has 2 aromatic heterocycles. The average molecular weight is 369 g/mol. The van der Waals surface area contributed by atoms with E-state index in [1.54, 1.807) is 11.8 Å². The molecule has 0 saturated carbocycles. The number of thiazole rings is 1. The van der Waals surface area contributed by atoms with Crippen molar-refractivity contribution in [1.29, 1.82) is 0 Å². The molecule has 0 fully saturated rings. The van der Waals surface area contributed by atoms with Crippen LogP contribution < -0.4 is 22.1 Å². The van der Waals surface area contributed by atoms with Gasteiger partial charge in [-0.25, -0.2) is 4.98 Å². The van der Waals surface area contributed by atoms with Gasteiger partial charge in [0.2, 0.25) is 5.13 Å². The molecule has 0 bridgehead atoms. The van der Waals surface area contributed by atoms with Gasteiger partial charge in [-0.1, -0.05) is 5.92 Å². The minimum Gasteiger partial charge on any atom is -0.370 e. The molecule has 23 heavy (non-hydrogen) atoms. The van der Waals surface area contributed by atoms with Gasteiger partial charge in [-0.2, -0.15) is 25.5 Å². The van der Waals surface area contributed by atoms with Gasteiger partial charge in [0.25, 0.3) is 0 Å². The Labute approximate surface area is 146 Å². The summed E-state index contributed by atoms with van der Waals surface area (Å²) < 4.78 is 8.33. The molecular weight excluding hydrogens is 352 g/mol. The number of nitrogens with two attached hydrogens (primary N) is 2. The summed E-state index contributed by atoms with van der Waals surface area (Å²) in [5, 5.41) is 8.78. The Balaban J connectivity index is 1.68. The molecule has 0 aromatic carbocycles. The number of rotatable bonds is 9. The van der Waals surface area contributed by atoms with E-state index in [1.165, 1.54) is 11.3 Å². The van der Waals surface area contributed by atoms with Gasteiger partial charge in [0.05, 0.1) is 24.0 Å². The van der Waals surface area contributed by atoms with Crippen LogP contribution in [0.3, 0.4) is 0 Å². The van der Waals surface area contributed by atoms with E-state index in [-0.39, 0.29) is 5.96 Å². The van der Waals surface area contributed by atoms with Gasteiger partial charge < -0.3 is 22.1 Å². The lowest BCUT2D eigenvalue weighted by molar-refractivity contribution is 1.18. The summed E-state index contributed by atoms with van der Waals surface area (Å²) in [5.41, 5.74) is 11.6. The molecule has 2 aromatic rings. The monoisotopic (exact) mass is 368 g/mol. The first kappa shape index (κ1) is 17.3. The highest BCUT2D eigenvalue weighted by Crippen LogP contribution is 2.22. The summed E-state index contributed by atoms with van der Waals surface area (Å²) in [4.78, 5) is 8.24. The lowest BCUT2D eigenvalue weighted by atomic mass is 10.5. The quantitative estimate of drug-likeness (QED) is 0.226. The van der Waals surface area contributed by atoms with Crippen molar-refractivity contribution >= 4 is 57.6 Å². The molecule has 0 saturated heterocycles. The predicted octanol–water partition coefficient (Wildman–Crippen LogP) is 1.29. The molecule has 0 aliphatic carbocycles. The van der Waals surface area contributed by atoms with Gasteiger partial charge in [0.1, 0.15) is 0 Å². The van der Waals surface area contributed by atoms with Crippen LogP contribution in [0.25, 0.3) is 0 Å².